The molecule has 1 saturated heterocycles. The highest BCUT2D eigenvalue weighted by atomic mass is 32.2. The predicted molar refractivity (Wildman–Crippen MR) is 114 cm³/mol. The zero-order chi connectivity index (χ0) is 20.6. The van der Waals surface area contributed by atoms with Gasteiger partial charge in [0.2, 0.25) is 0 Å². The average Bonchev–Trinajstić information content (AvgIpc) is 3.08. The monoisotopic (exact) mass is 427 g/mol. The van der Waals surface area contributed by atoms with Crippen molar-refractivity contribution in [1.29, 1.82) is 0 Å². The van der Waals surface area contributed by atoms with E-state index in [1.807, 2.05) is 48.5 Å². The van der Waals surface area contributed by atoms with Crippen molar-refractivity contribution in [2.45, 2.75) is 9.79 Å². The molecule has 0 bridgehead atoms. The third-order valence-corrected chi connectivity index (χ3v) is 5.62. The van der Waals surface area contributed by atoms with Crippen LogP contribution >= 0.6 is 23.5 Å². The lowest BCUT2D eigenvalue weighted by Crippen LogP contribution is -2.19. The molecule has 3 rings (SSSR count). The van der Waals surface area contributed by atoms with E-state index in [0.717, 1.165) is 38.9 Å². The summed E-state index contributed by atoms with van der Waals surface area (Å²) >= 11 is 2.61. The topological polar surface area (TPSA) is 89.3 Å². The third-order valence-electron chi connectivity index (χ3n) is 3.63. The van der Waals surface area contributed by atoms with Gasteiger partial charge < -0.3 is 9.47 Å². The van der Waals surface area contributed by atoms with Gasteiger partial charge in [-0.25, -0.2) is 4.79 Å². The van der Waals surface area contributed by atoms with Crippen LogP contribution in [0.15, 0.2) is 79.5 Å². The first kappa shape index (κ1) is 20.7. The molecule has 2 aromatic rings. The molecule has 0 aromatic heterocycles. The molecule has 1 aliphatic heterocycles. The highest BCUT2D eigenvalue weighted by Gasteiger charge is 2.25. The van der Waals surface area contributed by atoms with E-state index in [4.69, 9.17) is 4.74 Å². The minimum atomic E-state index is -0.601. The second-order valence-corrected chi connectivity index (χ2v) is 7.70. The number of amides is 1. The lowest BCUT2D eigenvalue weighted by molar-refractivity contribution is -0.135. The molecule has 1 N–H and O–H groups in total. The first-order valence-electron chi connectivity index (χ1n) is 8.40. The number of thioether (sulfide) groups is 1. The number of esters is 1. The molecule has 148 valence electrons. The number of carbonyl (C=O) groups is 2. The van der Waals surface area contributed by atoms with Gasteiger partial charge in [-0.3, -0.25) is 10.1 Å². The zero-order valence-electron chi connectivity index (χ0n) is 15.6. The van der Waals surface area contributed by atoms with E-state index in [0.29, 0.717) is 5.17 Å². The van der Waals surface area contributed by atoms with Crippen LogP contribution in [-0.2, 0) is 14.3 Å². The molecule has 0 spiro atoms. The summed E-state index contributed by atoms with van der Waals surface area (Å²) in [5, 5.41) is 10.9. The zero-order valence-corrected chi connectivity index (χ0v) is 17.3. The maximum Gasteiger partial charge on any atom is 0.331 e. The molecule has 7 nitrogen and oxygen atoms in total. The van der Waals surface area contributed by atoms with Gasteiger partial charge in [-0.05, 0) is 36.0 Å². The molecule has 1 amide bonds. The summed E-state index contributed by atoms with van der Waals surface area (Å²) in [4.78, 5) is 25.3. The second kappa shape index (κ2) is 9.94. The van der Waals surface area contributed by atoms with Crippen molar-refractivity contribution < 1.29 is 19.1 Å². The summed E-state index contributed by atoms with van der Waals surface area (Å²) in [7, 11) is 2.88. The maximum atomic E-state index is 11.8. The Balaban J connectivity index is 1.73. The molecule has 1 fully saturated rings. The first-order valence-corrected chi connectivity index (χ1v) is 10.0. The quantitative estimate of drug-likeness (QED) is 0.329. The smallest absolute Gasteiger partial charge is 0.331 e. The number of hydrogen-bond acceptors (Lipinski definition) is 8. The highest BCUT2D eigenvalue weighted by molar-refractivity contribution is 8.18. The predicted octanol–water partition coefficient (Wildman–Crippen LogP) is 3.46. The Morgan fingerprint density at radius 3 is 2.79 bits per heavy atom. The summed E-state index contributed by atoms with van der Waals surface area (Å²) in [6.45, 7) is 0. The van der Waals surface area contributed by atoms with Crippen LogP contribution < -0.4 is 10.1 Å². The Hall–Kier alpha value is -3.04. The number of carbonyl (C=O) groups excluding carboxylic acids is 2. The van der Waals surface area contributed by atoms with Crippen LogP contribution in [0.3, 0.4) is 0 Å². The molecule has 0 saturated carbocycles. The molecular weight excluding hydrogens is 410 g/mol. The number of rotatable bonds is 6. The van der Waals surface area contributed by atoms with Gasteiger partial charge >= 0.3 is 5.97 Å². The third kappa shape index (κ3) is 5.72. The molecule has 0 atom stereocenters. The molecule has 9 heteroatoms. The maximum absolute atomic E-state index is 11.8. The molecule has 1 aliphatic rings. The van der Waals surface area contributed by atoms with Gasteiger partial charge in [-0.2, -0.15) is 5.10 Å². The van der Waals surface area contributed by atoms with E-state index in [2.05, 4.69) is 20.3 Å². The number of hydrogen-bond donors (Lipinski definition) is 1. The molecule has 0 radical (unpaired) electrons. The fraction of sp³-hybridized carbons (Fsp3) is 0.100. The van der Waals surface area contributed by atoms with Crippen molar-refractivity contribution in [2.24, 2.45) is 10.2 Å². The van der Waals surface area contributed by atoms with Gasteiger partial charge in [0.15, 0.2) is 5.17 Å². The van der Waals surface area contributed by atoms with Crippen molar-refractivity contribution in [1.82, 2.24) is 5.32 Å². The normalized spacial score (nSPS) is 16.4. The Labute approximate surface area is 176 Å². The Kier molecular flexibility index (Phi) is 7.09. The van der Waals surface area contributed by atoms with Gasteiger partial charge in [0, 0.05) is 21.4 Å². The van der Waals surface area contributed by atoms with Crippen molar-refractivity contribution in [3.8, 4) is 5.75 Å². The number of amidine groups is 1. The number of methoxy groups -OCH3 is 2. The molecule has 0 unspecified atom stereocenters. The van der Waals surface area contributed by atoms with E-state index in [1.165, 1.54) is 7.11 Å². The standard InChI is InChI=1S/C20H17N3O4S2/c1-26-14-7-5-8-15(10-14)28-16-9-4-3-6-13(16)12-21-23-20-22-19(25)17(29-20)11-18(24)27-2/h3-12H,1-2H3,(H,22,23,25)/b17-11+,21-12?. The summed E-state index contributed by atoms with van der Waals surface area (Å²) in [5.41, 5.74) is 0.879. The first-order chi connectivity index (χ1) is 14.1. The molecule has 0 aliphatic carbocycles. The van der Waals surface area contributed by atoms with Gasteiger partial charge in [0.25, 0.3) is 5.91 Å². The molecule has 2 aromatic carbocycles. The van der Waals surface area contributed by atoms with Crippen LogP contribution in [0.2, 0.25) is 0 Å². The SMILES string of the molecule is COC(=O)/C=C1/S/C(=N\N=Cc2ccccc2Sc2cccc(OC)c2)NC1=O. The largest absolute Gasteiger partial charge is 0.497 e. The average molecular weight is 428 g/mol. The Morgan fingerprint density at radius 2 is 2.00 bits per heavy atom. The van der Waals surface area contributed by atoms with Crippen molar-refractivity contribution in [3.05, 3.63) is 65.1 Å². The van der Waals surface area contributed by atoms with Gasteiger partial charge in [-0.1, -0.05) is 36.0 Å². The van der Waals surface area contributed by atoms with E-state index < -0.39 is 11.9 Å². The number of ether oxygens (including phenoxy) is 2. The van der Waals surface area contributed by atoms with Crippen LogP contribution in [0.25, 0.3) is 0 Å². The lowest BCUT2D eigenvalue weighted by atomic mass is 10.2. The fourth-order valence-electron chi connectivity index (χ4n) is 2.26. The number of benzene rings is 2. The van der Waals surface area contributed by atoms with E-state index >= 15 is 0 Å². The Morgan fingerprint density at radius 1 is 1.17 bits per heavy atom. The van der Waals surface area contributed by atoms with E-state index in [1.54, 1.807) is 25.1 Å². The van der Waals surface area contributed by atoms with Crippen LogP contribution in [0, 0.1) is 0 Å². The van der Waals surface area contributed by atoms with E-state index in [9.17, 15) is 9.59 Å². The minimum absolute atomic E-state index is 0.208. The summed E-state index contributed by atoms with van der Waals surface area (Å²) in [6.07, 6.45) is 2.73. The van der Waals surface area contributed by atoms with Crippen molar-refractivity contribution in [2.75, 3.05) is 14.2 Å². The van der Waals surface area contributed by atoms with Crippen LogP contribution in [0.5, 0.6) is 5.75 Å². The van der Waals surface area contributed by atoms with Crippen LogP contribution in [-0.4, -0.2) is 37.5 Å². The van der Waals surface area contributed by atoms with E-state index in [-0.39, 0.29) is 4.91 Å². The molecular formula is C20H17N3O4S2. The number of nitrogens with one attached hydrogen (secondary N) is 1. The summed E-state index contributed by atoms with van der Waals surface area (Å²) < 4.78 is 9.79. The van der Waals surface area contributed by atoms with Crippen LogP contribution in [0.4, 0.5) is 0 Å². The molecule has 29 heavy (non-hydrogen) atoms. The van der Waals surface area contributed by atoms with Gasteiger partial charge in [0.05, 0.1) is 25.3 Å². The Bertz CT molecular complexity index is 1020. The summed E-state index contributed by atoms with van der Waals surface area (Å²) in [5.74, 6) is -0.225. The fourth-order valence-corrected chi connectivity index (χ4v) is 3.96. The van der Waals surface area contributed by atoms with Crippen molar-refractivity contribution >= 4 is 46.8 Å². The van der Waals surface area contributed by atoms with Crippen LogP contribution in [0.1, 0.15) is 5.56 Å². The van der Waals surface area contributed by atoms with Gasteiger partial charge in [-0.15, -0.1) is 5.10 Å². The van der Waals surface area contributed by atoms with Crippen molar-refractivity contribution in [3.63, 3.8) is 0 Å². The summed E-state index contributed by atoms with van der Waals surface area (Å²) in [6, 6.07) is 15.6. The van der Waals surface area contributed by atoms with Gasteiger partial charge in [0.1, 0.15) is 5.75 Å². The highest BCUT2D eigenvalue weighted by Crippen LogP contribution is 2.31. The lowest BCUT2D eigenvalue weighted by Gasteiger charge is -2.06. The number of nitrogens with zero attached hydrogens (tertiary/aromatic N) is 2. The second-order valence-electron chi connectivity index (χ2n) is 5.56. The molecule has 1 heterocycles. The minimum Gasteiger partial charge on any atom is -0.497 e.